The van der Waals surface area contributed by atoms with Crippen molar-refractivity contribution in [3.8, 4) is 5.75 Å². The summed E-state index contributed by atoms with van der Waals surface area (Å²) in [6, 6.07) is 11.7. The molecule has 4 heteroatoms. The molecule has 1 heterocycles. The number of aliphatic hydroxyl groups excluding tert-OH is 1. The average molecular weight is 289 g/mol. The van der Waals surface area contributed by atoms with Gasteiger partial charge in [-0.15, -0.1) is 0 Å². The van der Waals surface area contributed by atoms with Gasteiger partial charge >= 0.3 is 0 Å². The van der Waals surface area contributed by atoms with Gasteiger partial charge in [0, 0.05) is 6.42 Å². The summed E-state index contributed by atoms with van der Waals surface area (Å²) in [6.07, 6.45) is 0.894. The molecule has 0 saturated carbocycles. The fraction of sp³-hybridized carbons (Fsp3) is 0.412. The van der Waals surface area contributed by atoms with Gasteiger partial charge in [0.15, 0.2) is 0 Å². The van der Waals surface area contributed by atoms with Gasteiger partial charge in [-0.1, -0.05) is 19.1 Å². The fourth-order valence-electron chi connectivity index (χ4n) is 2.38. The van der Waals surface area contributed by atoms with Gasteiger partial charge in [-0.3, -0.25) is 4.90 Å². The van der Waals surface area contributed by atoms with Crippen molar-refractivity contribution in [2.24, 2.45) is 0 Å². The SMILES string of the molecule is CCc1ccc(CN(C)C(CO)c2ccc(OC)cc2)o1. The molecule has 0 fully saturated rings. The molecule has 0 aliphatic rings. The lowest BCUT2D eigenvalue weighted by molar-refractivity contribution is 0.135. The molecule has 0 bridgehead atoms. The van der Waals surface area contributed by atoms with Crippen molar-refractivity contribution < 1.29 is 14.3 Å². The number of furan rings is 1. The maximum absolute atomic E-state index is 9.70. The Morgan fingerprint density at radius 2 is 1.81 bits per heavy atom. The summed E-state index contributed by atoms with van der Waals surface area (Å²) in [5.41, 5.74) is 1.06. The highest BCUT2D eigenvalue weighted by molar-refractivity contribution is 5.29. The third kappa shape index (κ3) is 3.86. The zero-order valence-corrected chi connectivity index (χ0v) is 12.9. The summed E-state index contributed by atoms with van der Waals surface area (Å²) in [5, 5.41) is 9.70. The van der Waals surface area contributed by atoms with E-state index in [9.17, 15) is 5.11 Å². The number of aryl methyl sites for hydroxylation is 1. The van der Waals surface area contributed by atoms with Crippen molar-refractivity contribution in [2.45, 2.75) is 25.9 Å². The van der Waals surface area contributed by atoms with Gasteiger partial charge in [-0.05, 0) is 36.9 Å². The van der Waals surface area contributed by atoms with Gasteiger partial charge in [-0.25, -0.2) is 0 Å². The predicted molar refractivity (Wildman–Crippen MR) is 82.4 cm³/mol. The molecular formula is C17H23NO3. The third-order valence-corrected chi connectivity index (χ3v) is 3.68. The number of aliphatic hydroxyl groups is 1. The quantitative estimate of drug-likeness (QED) is 0.851. The fourth-order valence-corrected chi connectivity index (χ4v) is 2.38. The van der Waals surface area contributed by atoms with Crippen LogP contribution in [0.2, 0.25) is 0 Å². The maximum Gasteiger partial charge on any atom is 0.118 e. The Hall–Kier alpha value is -1.78. The molecule has 1 aromatic heterocycles. The van der Waals surface area contributed by atoms with Gasteiger partial charge < -0.3 is 14.3 Å². The summed E-state index contributed by atoms with van der Waals surface area (Å²) in [5.74, 6) is 2.72. The monoisotopic (exact) mass is 289 g/mol. The van der Waals surface area contributed by atoms with Gasteiger partial charge in [-0.2, -0.15) is 0 Å². The number of rotatable bonds is 7. The van der Waals surface area contributed by atoms with E-state index in [0.717, 1.165) is 29.3 Å². The lowest BCUT2D eigenvalue weighted by Crippen LogP contribution is -2.26. The second-order valence-corrected chi connectivity index (χ2v) is 5.11. The summed E-state index contributed by atoms with van der Waals surface area (Å²) in [4.78, 5) is 2.08. The molecule has 21 heavy (non-hydrogen) atoms. The van der Waals surface area contributed by atoms with Crippen LogP contribution in [-0.2, 0) is 13.0 Å². The molecule has 0 radical (unpaired) electrons. The summed E-state index contributed by atoms with van der Waals surface area (Å²) in [7, 11) is 3.63. The number of ether oxygens (including phenoxy) is 1. The predicted octanol–water partition coefficient (Wildman–Crippen LogP) is 3.02. The smallest absolute Gasteiger partial charge is 0.118 e. The number of methoxy groups -OCH3 is 1. The summed E-state index contributed by atoms with van der Waals surface area (Å²) >= 11 is 0. The van der Waals surface area contributed by atoms with Crippen molar-refractivity contribution in [1.29, 1.82) is 0 Å². The van der Waals surface area contributed by atoms with Crippen LogP contribution in [0, 0.1) is 0 Å². The Kier molecular flexibility index (Phi) is 5.42. The van der Waals surface area contributed by atoms with Crippen LogP contribution in [0.4, 0.5) is 0 Å². The van der Waals surface area contributed by atoms with Crippen molar-refractivity contribution in [2.75, 3.05) is 20.8 Å². The Bertz CT molecular complexity index is 547. The molecule has 1 atom stereocenters. The van der Waals surface area contributed by atoms with Crippen LogP contribution in [0.1, 0.15) is 30.0 Å². The van der Waals surface area contributed by atoms with Crippen LogP contribution in [0.3, 0.4) is 0 Å². The molecule has 114 valence electrons. The highest BCUT2D eigenvalue weighted by Gasteiger charge is 2.17. The number of benzene rings is 1. The number of hydrogen-bond donors (Lipinski definition) is 1. The van der Waals surface area contributed by atoms with Gasteiger partial charge in [0.2, 0.25) is 0 Å². The van der Waals surface area contributed by atoms with Crippen LogP contribution in [0.25, 0.3) is 0 Å². The first kappa shape index (κ1) is 15.6. The molecule has 0 amide bonds. The zero-order valence-electron chi connectivity index (χ0n) is 12.9. The minimum Gasteiger partial charge on any atom is -0.497 e. The molecule has 0 aliphatic carbocycles. The van der Waals surface area contributed by atoms with E-state index < -0.39 is 0 Å². The highest BCUT2D eigenvalue weighted by atomic mass is 16.5. The van der Waals surface area contributed by atoms with Crippen LogP contribution in [0.15, 0.2) is 40.8 Å². The van der Waals surface area contributed by atoms with Crippen molar-refractivity contribution in [1.82, 2.24) is 4.90 Å². The van der Waals surface area contributed by atoms with E-state index in [4.69, 9.17) is 9.15 Å². The molecule has 0 spiro atoms. The Morgan fingerprint density at radius 3 is 2.33 bits per heavy atom. The summed E-state index contributed by atoms with van der Waals surface area (Å²) < 4.78 is 10.9. The van der Waals surface area contributed by atoms with E-state index >= 15 is 0 Å². The molecule has 1 aromatic carbocycles. The van der Waals surface area contributed by atoms with Crippen molar-refractivity contribution in [3.63, 3.8) is 0 Å². The van der Waals surface area contributed by atoms with Crippen LogP contribution < -0.4 is 4.74 Å². The molecule has 4 nitrogen and oxygen atoms in total. The van der Waals surface area contributed by atoms with Gasteiger partial charge in [0.25, 0.3) is 0 Å². The van der Waals surface area contributed by atoms with E-state index in [0.29, 0.717) is 6.54 Å². The van der Waals surface area contributed by atoms with E-state index in [1.54, 1.807) is 7.11 Å². The molecule has 2 aromatic rings. The Balaban J connectivity index is 2.07. The van der Waals surface area contributed by atoms with E-state index in [2.05, 4.69) is 11.8 Å². The normalized spacial score (nSPS) is 12.6. The molecular weight excluding hydrogens is 266 g/mol. The van der Waals surface area contributed by atoms with Crippen molar-refractivity contribution >= 4 is 0 Å². The van der Waals surface area contributed by atoms with Gasteiger partial charge in [0.05, 0.1) is 26.3 Å². The molecule has 2 rings (SSSR count). The minimum atomic E-state index is -0.0638. The van der Waals surface area contributed by atoms with Crippen LogP contribution in [0.5, 0.6) is 5.75 Å². The Labute approximate surface area is 126 Å². The second-order valence-electron chi connectivity index (χ2n) is 5.11. The first-order chi connectivity index (χ1) is 10.2. The number of nitrogens with zero attached hydrogens (tertiary/aromatic N) is 1. The van der Waals surface area contributed by atoms with Crippen LogP contribution >= 0.6 is 0 Å². The maximum atomic E-state index is 9.70. The van der Waals surface area contributed by atoms with Crippen LogP contribution in [-0.4, -0.2) is 30.8 Å². The van der Waals surface area contributed by atoms with E-state index in [1.165, 1.54) is 0 Å². The first-order valence-corrected chi connectivity index (χ1v) is 7.20. The zero-order chi connectivity index (χ0) is 15.2. The highest BCUT2D eigenvalue weighted by Crippen LogP contribution is 2.23. The number of likely N-dealkylation sites (N-methyl/N-ethyl adjacent to an activating group) is 1. The lowest BCUT2D eigenvalue weighted by atomic mass is 10.1. The average Bonchev–Trinajstić information content (AvgIpc) is 2.96. The number of hydrogen-bond acceptors (Lipinski definition) is 4. The first-order valence-electron chi connectivity index (χ1n) is 7.20. The minimum absolute atomic E-state index is 0.0597. The molecule has 0 aliphatic heterocycles. The topological polar surface area (TPSA) is 45.8 Å². The summed E-state index contributed by atoms with van der Waals surface area (Å²) in [6.45, 7) is 2.79. The molecule has 1 N–H and O–H groups in total. The third-order valence-electron chi connectivity index (χ3n) is 3.68. The Morgan fingerprint density at radius 1 is 1.14 bits per heavy atom. The molecule has 1 unspecified atom stereocenters. The van der Waals surface area contributed by atoms with E-state index in [1.807, 2.05) is 43.4 Å². The van der Waals surface area contributed by atoms with Gasteiger partial charge in [0.1, 0.15) is 17.3 Å². The van der Waals surface area contributed by atoms with E-state index in [-0.39, 0.29) is 12.6 Å². The lowest BCUT2D eigenvalue weighted by Gasteiger charge is -2.26. The molecule has 0 saturated heterocycles. The second kappa shape index (κ2) is 7.29. The van der Waals surface area contributed by atoms with Crippen molar-refractivity contribution in [3.05, 3.63) is 53.5 Å². The standard InChI is InChI=1S/C17H23NO3/c1-4-14-9-10-16(21-14)11-18(2)17(12-19)13-5-7-15(20-3)8-6-13/h5-10,17,19H,4,11-12H2,1-3H3. The largest absolute Gasteiger partial charge is 0.497 e.